The number of rotatable bonds is 5. The molecule has 0 saturated carbocycles. The summed E-state index contributed by atoms with van der Waals surface area (Å²) in [5.41, 5.74) is 6.67. The maximum atomic E-state index is 9.70. The van der Waals surface area contributed by atoms with E-state index < -0.39 is 0 Å². The number of hydrogen-bond acceptors (Lipinski definition) is 4. The molecule has 4 heteroatoms. The summed E-state index contributed by atoms with van der Waals surface area (Å²) < 4.78 is 10.7. The Balaban J connectivity index is 2.00. The minimum Gasteiger partial charge on any atom is -0.508 e. The van der Waals surface area contributed by atoms with Crippen LogP contribution in [0.15, 0.2) is 48.5 Å². The zero-order valence-corrected chi connectivity index (χ0v) is 10.7. The van der Waals surface area contributed by atoms with Crippen LogP contribution < -0.4 is 15.2 Å². The van der Waals surface area contributed by atoms with Gasteiger partial charge >= 0.3 is 0 Å². The van der Waals surface area contributed by atoms with Gasteiger partial charge in [-0.1, -0.05) is 24.3 Å². The highest BCUT2D eigenvalue weighted by Crippen LogP contribution is 2.24. The number of aromatic hydroxyl groups is 1. The first kappa shape index (κ1) is 13.2. The second kappa shape index (κ2) is 6.11. The quantitative estimate of drug-likeness (QED) is 0.865. The van der Waals surface area contributed by atoms with Crippen molar-refractivity contribution in [3.8, 4) is 17.2 Å². The van der Waals surface area contributed by atoms with Gasteiger partial charge in [-0.3, -0.25) is 0 Å². The van der Waals surface area contributed by atoms with Gasteiger partial charge in [-0.05, 0) is 18.2 Å². The van der Waals surface area contributed by atoms with E-state index in [9.17, 15) is 5.11 Å². The number of phenolic OH excluding ortho intramolecular Hbond substituents is 1. The highest BCUT2D eigenvalue weighted by Gasteiger charge is 2.11. The van der Waals surface area contributed by atoms with Crippen LogP contribution in [0, 0.1) is 0 Å². The predicted molar refractivity (Wildman–Crippen MR) is 73.5 cm³/mol. The molecule has 0 aliphatic carbocycles. The lowest BCUT2D eigenvalue weighted by molar-refractivity contribution is 0.286. The maximum absolute atomic E-state index is 9.70. The molecule has 1 atom stereocenters. The van der Waals surface area contributed by atoms with Gasteiger partial charge in [0, 0.05) is 11.6 Å². The van der Waals surface area contributed by atoms with Crippen LogP contribution in [0.25, 0.3) is 0 Å². The number of para-hydroxylation sites is 1. The highest BCUT2D eigenvalue weighted by molar-refractivity contribution is 5.35. The van der Waals surface area contributed by atoms with Crippen molar-refractivity contribution in [1.29, 1.82) is 0 Å². The van der Waals surface area contributed by atoms with Gasteiger partial charge in [-0.2, -0.15) is 0 Å². The Morgan fingerprint density at radius 1 is 1.11 bits per heavy atom. The summed E-state index contributed by atoms with van der Waals surface area (Å²) in [4.78, 5) is 0. The molecule has 0 aromatic heterocycles. The van der Waals surface area contributed by atoms with Gasteiger partial charge in [-0.15, -0.1) is 0 Å². The summed E-state index contributed by atoms with van der Waals surface area (Å²) in [7, 11) is 1.60. The molecular formula is C15H17NO3. The van der Waals surface area contributed by atoms with Crippen molar-refractivity contribution in [3.63, 3.8) is 0 Å². The number of ether oxygens (including phenoxy) is 2. The van der Waals surface area contributed by atoms with Gasteiger partial charge in [0.15, 0.2) is 0 Å². The van der Waals surface area contributed by atoms with Crippen LogP contribution >= 0.6 is 0 Å². The molecule has 3 N–H and O–H groups in total. The standard InChI is InChI=1S/C15H17NO3/c1-18-11-5-4-6-12(9-11)19-10-14(16)13-7-2-3-8-15(13)17/h2-9,14,17H,10,16H2,1H3. The van der Waals surface area contributed by atoms with Gasteiger partial charge in [0.05, 0.1) is 13.2 Å². The third-order valence-electron chi connectivity index (χ3n) is 2.81. The van der Waals surface area contributed by atoms with Gasteiger partial charge in [-0.25, -0.2) is 0 Å². The first-order valence-corrected chi connectivity index (χ1v) is 6.01. The summed E-state index contributed by atoms with van der Waals surface area (Å²) >= 11 is 0. The number of nitrogens with two attached hydrogens (primary N) is 1. The molecule has 0 fully saturated rings. The number of methoxy groups -OCH3 is 1. The molecule has 0 amide bonds. The topological polar surface area (TPSA) is 64.7 Å². The predicted octanol–water partition coefficient (Wildman–Crippen LogP) is 2.48. The lowest BCUT2D eigenvalue weighted by Crippen LogP contribution is -2.19. The van der Waals surface area contributed by atoms with Crippen LogP contribution in [0.4, 0.5) is 0 Å². The summed E-state index contributed by atoms with van der Waals surface area (Å²) in [5, 5.41) is 9.70. The van der Waals surface area contributed by atoms with Crippen LogP contribution in [0.3, 0.4) is 0 Å². The second-order valence-electron chi connectivity index (χ2n) is 4.16. The van der Waals surface area contributed by atoms with E-state index in [4.69, 9.17) is 15.2 Å². The average molecular weight is 259 g/mol. The SMILES string of the molecule is COc1cccc(OCC(N)c2ccccc2O)c1. The zero-order chi connectivity index (χ0) is 13.7. The zero-order valence-electron chi connectivity index (χ0n) is 10.7. The molecule has 0 bridgehead atoms. The smallest absolute Gasteiger partial charge is 0.123 e. The second-order valence-corrected chi connectivity index (χ2v) is 4.16. The van der Waals surface area contributed by atoms with Gasteiger partial charge in [0.1, 0.15) is 23.9 Å². The Labute approximate surface area is 112 Å². The third kappa shape index (κ3) is 3.39. The summed E-state index contributed by atoms with van der Waals surface area (Å²) in [6, 6.07) is 13.9. The number of benzene rings is 2. The molecule has 2 rings (SSSR count). The van der Waals surface area contributed by atoms with Crippen LogP contribution in [0.5, 0.6) is 17.2 Å². The van der Waals surface area contributed by atoms with E-state index in [1.807, 2.05) is 24.3 Å². The molecule has 2 aromatic rings. The maximum Gasteiger partial charge on any atom is 0.123 e. The molecule has 2 aromatic carbocycles. The van der Waals surface area contributed by atoms with E-state index in [0.29, 0.717) is 11.3 Å². The Hall–Kier alpha value is -2.20. The van der Waals surface area contributed by atoms with E-state index in [1.165, 1.54) is 0 Å². The van der Waals surface area contributed by atoms with E-state index in [0.717, 1.165) is 5.75 Å². The lowest BCUT2D eigenvalue weighted by Gasteiger charge is -2.15. The van der Waals surface area contributed by atoms with Gasteiger partial charge in [0.25, 0.3) is 0 Å². The molecule has 1 unspecified atom stereocenters. The van der Waals surface area contributed by atoms with E-state index >= 15 is 0 Å². The molecule has 0 heterocycles. The van der Waals surface area contributed by atoms with Crippen molar-refractivity contribution >= 4 is 0 Å². The summed E-state index contributed by atoms with van der Waals surface area (Å²) in [6.45, 7) is 0.282. The van der Waals surface area contributed by atoms with E-state index in [1.54, 1.807) is 31.4 Å². The lowest BCUT2D eigenvalue weighted by atomic mass is 10.1. The first-order valence-electron chi connectivity index (χ1n) is 6.01. The van der Waals surface area contributed by atoms with Crippen molar-refractivity contribution in [2.24, 2.45) is 5.73 Å². The number of hydrogen-bond donors (Lipinski definition) is 2. The molecular weight excluding hydrogens is 242 g/mol. The molecule has 0 aliphatic rings. The van der Waals surface area contributed by atoms with Crippen LogP contribution in [-0.4, -0.2) is 18.8 Å². The number of phenols is 1. The Morgan fingerprint density at radius 3 is 2.58 bits per heavy atom. The van der Waals surface area contributed by atoms with Crippen molar-refractivity contribution in [2.75, 3.05) is 13.7 Å². The molecule has 0 radical (unpaired) electrons. The van der Waals surface area contributed by atoms with Crippen molar-refractivity contribution in [2.45, 2.75) is 6.04 Å². The third-order valence-corrected chi connectivity index (χ3v) is 2.81. The van der Waals surface area contributed by atoms with Gasteiger partial charge < -0.3 is 20.3 Å². The monoisotopic (exact) mass is 259 g/mol. The Morgan fingerprint density at radius 2 is 1.84 bits per heavy atom. The highest BCUT2D eigenvalue weighted by atomic mass is 16.5. The normalized spacial score (nSPS) is 11.9. The summed E-state index contributed by atoms with van der Waals surface area (Å²) in [5.74, 6) is 1.60. The minimum absolute atomic E-state index is 0.184. The van der Waals surface area contributed by atoms with Crippen molar-refractivity contribution < 1.29 is 14.6 Å². The van der Waals surface area contributed by atoms with E-state index in [2.05, 4.69) is 0 Å². The fraction of sp³-hybridized carbons (Fsp3) is 0.200. The fourth-order valence-corrected chi connectivity index (χ4v) is 1.77. The Bertz CT molecular complexity index is 542. The summed E-state index contributed by atoms with van der Waals surface area (Å²) in [6.07, 6.45) is 0. The van der Waals surface area contributed by atoms with Crippen LogP contribution in [-0.2, 0) is 0 Å². The molecule has 100 valence electrons. The molecule has 0 spiro atoms. The molecule has 4 nitrogen and oxygen atoms in total. The average Bonchev–Trinajstić information content (AvgIpc) is 2.45. The largest absolute Gasteiger partial charge is 0.508 e. The van der Waals surface area contributed by atoms with Crippen LogP contribution in [0.1, 0.15) is 11.6 Å². The van der Waals surface area contributed by atoms with Crippen molar-refractivity contribution in [1.82, 2.24) is 0 Å². The molecule has 0 aliphatic heterocycles. The van der Waals surface area contributed by atoms with Crippen molar-refractivity contribution in [3.05, 3.63) is 54.1 Å². The Kier molecular flexibility index (Phi) is 4.26. The van der Waals surface area contributed by atoms with Crippen LogP contribution in [0.2, 0.25) is 0 Å². The van der Waals surface area contributed by atoms with E-state index in [-0.39, 0.29) is 18.4 Å². The minimum atomic E-state index is -0.382. The van der Waals surface area contributed by atoms with Gasteiger partial charge in [0.2, 0.25) is 0 Å². The fourth-order valence-electron chi connectivity index (χ4n) is 1.77. The molecule has 19 heavy (non-hydrogen) atoms. The molecule has 0 saturated heterocycles. The first-order chi connectivity index (χ1) is 9.20.